The Balaban J connectivity index is 1.24. The Bertz CT molecular complexity index is 808. The molecular formula is C34H57BrO2S. The molecule has 0 heterocycles. The number of ketones is 1. The van der Waals surface area contributed by atoms with E-state index in [1.54, 1.807) is 0 Å². The van der Waals surface area contributed by atoms with Gasteiger partial charge in [-0.2, -0.15) is 11.8 Å². The standard InChI is InChI=1S/C34H57BrO2S/c1-32-18-15-28(36)25-27(32)24-26(31-29(32)16-19-33(2)30(31)17-20-34(33,3)37)14-10-7-5-4-6-8-12-22-38-23-13-9-11-21-35/h25-26,29-31,37H,4-24H2,1-3H3/t26?,29-,30+,31-,32+,33+,34?/m1/s1. The lowest BCUT2D eigenvalue weighted by Crippen LogP contribution is -2.56. The van der Waals surface area contributed by atoms with Gasteiger partial charge in [0.2, 0.25) is 0 Å². The van der Waals surface area contributed by atoms with Gasteiger partial charge in [-0.1, -0.05) is 80.3 Å². The smallest absolute Gasteiger partial charge is 0.155 e. The highest BCUT2D eigenvalue weighted by atomic mass is 79.9. The molecule has 0 radical (unpaired) electrons. The van der Waals surface area contributed by atoms with E-state index in [1.165, 1.54) is 101 Å². The van der Waals surface area contributed by atoms with Crippen LogP contribution in [0, 0.1) is 34.5 Å². The number of carbonyl (C=O) groups excluding carboxylic acids is 1. The third-order valence-corrected chi connectivity index (χ3v) is 13.7. The number of unbranched alkanes of at least 4 members (excludes halogenated alkanes) is 8. The van der Waals surface area contributed by atoms with Gasteiger partial charge in [0.05, 0.1) is 5.60 Å². The molecule has 4 rings (SSSR count). The van der Waals surface area contributed by atoms with Crippen LogP contribution in [0.3, 0.4) is 0 Å². The van der Waals surface area contributed by atoms with Crippen molar-refractivity contribution in [1.29, 1.82) is 0 Å². The maximum absolute atomic E-state index is 12.4. The number of hydrogen-bond acceptors (Lipinski definition) is 3. The minimum absolute atomic E-state index is 0.0698. The molecule has 0 aromatic rings. The first-order valence-corrected chi connectivity index (χ1v) is 18.6. The third kappa shape index (κ3) is 6.80. The average molecular weight is 610 g/mol. The van der Waals surface area contributed by atoms with Crippen molar-refractivity contribution in [2.45, 2.75) is 142 Å². The molecule has 2 nitrogen and oxygen atoms in total. The molecule has 218 valence electrons. The summed E-state index contributed by atoms with van der Waals surface area (Å²) in [5.41, 5.74) is 1.27. The van der Waals surface area contributed by atoms with Gasteiger partial charge in [0.25, 0.3) is 0 Å². The Morgan fingerprint density at radius 2 is 1.50 bits per heavy atom. The lowest BCUT2D eigenvalue weighted by atomic mass is 9.44. The van der Waals surface area contributed by atoms with Gasteiger partial charge in [-0.15, -0.1) is 0 Å². The summed E-state index contributed by atoms with van der Waals surface area (Å²) in [6.45, 7) is 7.04. The van der Waals surface area contributed by atoms with Crippen molar-refractivity contribution in [2.24, 2.45) is 34.5 Å². The van der Waals surface area contributed by atoms with E-state index in [1.807, 2.05) is 0 Å². The van der Waals surface area contributed by atoms with Crippen molar-refractivity contribution in [2.75, 3.05) is 16.8 Å². The molecule has 4 aliphatic rings. The first kappa shape index (κ1) is 31.1. The quantitative estimate of drug-likeness (QED) is 0.148. The van der Waals surface area contributed by atoms with Crippen LogP contribution in [-0.2, 0) is 4.79 Å². The highest BCUT2D eigenvalue weighted by Crippen LogP contribution is 2.69. The van der Waals surface area contributed by atoms with Gasteiger partial charge in [0.1, 0.15) is 0 Å². The Morgan fingerprint density at radius 1 is 0.868 bits per heavy atom. The minimum atomic E-state index is -0.515. The fraction of sp³-hybridized carbons (Fsp3) is 0.912. The van der Waals surface area contributed by atoms with Gasteiger partial charge in [-0.3, -0.25) is 4.79 Å². The lowest BCUT2D eigenvalue weighted by Gasteiger charge is -2.61. The zero-order valence-electron chi connectivity index (χ0n) is 24.9. The van der Waals surface area contributed by atoms with E-state index < -0.39 is 5.60 Å². The van der Waals surface area contributed by atoms with E-state index in [0.717, 1.165) is 43.4 Å². The molecule has 4 aliphatic carbocycles. The van der Waals surface area contributed by atoms with Crippen LogP contribution in [0.5, 0.6) is 0 Å². The molecule has 0 spiro atoms. The maximum Gasteiger partial charge on any atom is 0.155 e. The predicted molar refractivity (Wildman–Crippen MR) is 168 cm³/mol. The van der Waals surface area contributed by atoms with E-state index >= 15 is 0 Å². The minimum Gasteiger partial charge on any atom is -0.390 e. The van der Waals surface area contributed by atoms with Crippen LogP contribution < -0.4 is 0 Å². The van der Waals surface area contributed by atoms with Crippen LogP contribution in [0.2, 0.25) is 0 Å². The van der Waals surface area contributed by atoms with Crippen LogP contribution in [-0.4, -0.2) is 33.3 Å². The summed E-state index contributed by atoms with van der Waals surface area (Å²) in [7, 11) is 0. The first-order valence-electron chi connectivity index (χ1n) is 16.3. The fourth-order valence-electron chi connectivity index (χ4n) is 9.32. The highest BCUT2D eigenvalue weighted by Gasteiger charge is 2.64. The molecule has 1 N–H and O–H groups in total. The lowest BCUT2D eigenvalue weighted by molar-refractivity contribution is -0.135. The second-order valence-electron chi connectivity index (χ2n) is 14.2. The summed E-state index contributed by atoms with van der Waals surface area (Å²) in [5, 5.41) is 12.6. The molecule has 0 saturated heterocycles. The van der Waals surface area contributed by atoms with Crippen LogP contribution in [0.15, 0.2) is 11.6 Å². The summed E-state index contributed by atoms with van der Waals surface area (Å²) in [6, 6.07) is 0. The summed E-state index contributed by atoms with van der Waals surface area (Å²) >= 11 is 5.68. The van der Waals surface area contributed by atoms with E-state index in [2.05, 4.69) is 54.5 Å². The molecule has 0 aromatic carbocycles. The molecule has 3 saturated carbocycles. The summed E-state index contributed by atoms with van der Waals surface area (Å²) in [4.78, 5) is 12.4. The molecule has 0 bridgehead atoms. The number of hydrogen-bond donors (Lipinski definition) is 1. The van der Waals surface area contributed by atoms with Gasteiger partial charge < -0.3 is 5.11 Å². The zero-order chi connectivity index (χ0) is 27.2. The van der Waals surface area contributed by atoms with Crippen LogP contribution >= 0.6 is 27.7 Å². The SMILES string of the molecule is CC1(O)CC[C@H]2[C@@H]3C(CCCCCCCCCSCCCCCBr)CC4=CC(=O)CC[C@]4(C)[C@@H]3CC[C@@]21C. The van der Waals surface area contributed by atoms with E-state index in [9.17, 15) is 9.90 Å². The molecule has 0 amide bonds. The highest BCUT2D eigenvalue weighted by molar-refractivity contribution is 9.09. The van der Waals surface area contributed by atoms with Gasteiger partial charge in [0.15, 0.2) is 5.78 Å². The first-order chi connectivity index (χ1) is 18.2. The van der Waals surface area contributed by atoms with Gasteiger partial charge in [-0.05, 0) is 123 Å². The Hall–Kier alpha value is 0.200. The number of rotatable bonds is 15. The van der Waals surface area contributed by atoms with Gasteiger partial charge in [0, 0.05) is 11.8 Å². The van der Waals surface area contributed by atoms with Crippen molar-refractivity contribution in [1.82, 2.24) is 0 Å². The number of thioether (sulfide) groups is 1. The second kappa shape index (κ2) is 13.9. The van der Waals surface area contributed by atoms with Crippen molar-refractivity contribution in [3.63, 3.8) is 0 Å². The van der Waals surface area contributed by atoms with Crippen LogP contribution in [0.4, 0.5) is 0 Å². The normalized spacial score (nSPS) is 38.4. The molecule has 0 aromatic heterocycles. The topological polar surface area (TPSA) is 37.3 Å². The molecule has 4 heteroatoms. The number of allylic oxidation sites excluding steroid dienone is 1. The molecule has 3 fully saturated rings. The van der Waals surface area contributed by atoms with Gasteiger partial charge in [-0.25, -0.2) is 0 Å². The fourth-order valence-corrected chi connectivity index (χ4v) is 10.7. The largest absolute Gasteiger partial charge is 0.390 e. The summed E-state index contributed by atoms with van der Waals surface area (Å²) in [6.07, 6.45) is 24.7. The third-order valence-electron chi connectivity index (χ3n) is 12.0. The molecule has 2 unspecified atom stereocenters. The van der Waals surface area contributed by atoms with Crippen molar-refractivity contribution in [3.05, 3.63) is 11.6 Å². The van der Waals surface area contributed by atoms with E-state index in [-0.39, 0.29) is 10.8 Å². The monoisotopic (exact) mass is 608 g/mol. The molecule has 7 atom stereocenters. The number of aliphatic hydroxyl groups is 1. The van der Waals surface area contributed by atoms with Gasteiger partial charge >= 0.3 is 0 Å². The van der Waals surface area contributed by atoms with Crippen molar-refractivity contribution < 1.29 is 9.90 Å². The Morgan fingerprint density at radius 3 is 2.21 bits per heavy atom. The predicted octanol–water partition coefficient (Wildman–Crippen LogP) is 9.91. The van der Waals surface area contributed by atoms with Crippen molar-refractivity contribution in [3.8, 4) is 0 Å². The Labute approximate surface area is 247 Å². The summed E-state index contributed by atoms with van der Waals surface area (Å²) in [5.74, 6) is 5.85. The van der Waals surface area contributed by atoms with E-state index in [0.29, 0.717) is 23.5 Å². The number of fused-ring (bicyclic) bond motifs is 5. The van der Waals surface area contributed by atoms with Crippen LogP contribution in [0.25, 0.3) is 0 Å². The van der Waals surface area contributed by atoms with E-state index in [4.69, 9.17) is 0 Å². The summed E-state index contributed by atoms with van der Waals surface area (Å²) < 4.78 is 0. The molecular weight excluding hydrogens is 552 g/mol. The average Bonchev–Trinajstić information content (AvgIpc) is 3.13. The number of alkyl halides is 1. The number of carbonyl (C=O) groups is 1. The number of halogens is 1. The molecule has 0 aliphatic heterocycles. The Kier molecular flexibility index (Phi) is 11.4. The second-order valence-corrected chi connectivity index (χ2v) is 16.2. The van der Waals surface area contributed by atoms with Crippen LogP contribution in [0.1, 0.15) is 136 Å². The maximum atomic E-state index is 12.4. The zero-order valence-corrected chi connectivity index (χ0v) is 27.3. The van der Waals surface area contributed by atoms with Crippen molar-refractivity contribution >= 4 is 33.5 Å². The molecule has 38 heavy (non-hydrogen) atoms.